The van der Waals surface area contributed by atoms with Crippen molar-refractivity contribution in [3.05, 3.63) is 64.9 Å². The van der Waals surface area contributed by atoms with Gasteiger partial charge in [-0.2, -0.15) is 0 Å². The quantitative estimate of drug-likeness (QED) is 0.825. The number of amides is 1. The molecule has 132 valence electrons. The van der Waals surface area contributed by atoms with Gasteiger partial charge in [-0.15, -0.1) is 0 Å². The summed E-state index contributed by atoms with van der Waals surface area (Å²) in [4.78, 5) is 16.3. The summed E-state index contributed by atoms with van der Waals surface area (Å²) in [7, 11) is 0. The highest BCUT2D eigenvalue weighted by Gasteiger charge is 2.29. The molecule has 5 heteroatoms. The van der Waals surface area contributed by atoms with E-state index in [1.807, 2.05) is 36.4 Å². The molecule has 1 N–H and O–H groups in total. The van der Waals surface area contributed by atoms with Gasteiger partial charge >= 0.3 is 0 Å². The SMILES string of the molecule is O=C(CCCc1ccc(Cl)cc1)N[C@@H]1COC[C@H]1Cc1ccncc1. The number of benzene rings is 1. The highest BCUT2D eigenvalue weighted by molar-refractivity contribution is 6.30. The van der Waals surface area contributed by atoms with Crippen molar-refractivity contribution in [3.8, 4) is 0 Å². The van der Waals surface area contributed by atoms with E-state index in [2.05, 4.69) is 10.3 Å². The fourth-order valence-corrected chi connectivity index (χ4v) is 3.29. The molecule has 1 aliphatic rings. The molecule has 0 spiro atoms. The maximum Gasteiger partial charge on any atom is 0.220 e. The Hall–Kier alpha value is -1.91. The van der Waals surface area contributed by atoms with Gasteiger partial charge in [0.15, 0.2) is 0 Å². The number of hydrogen-bond acceptors (Lipinski definition) is 3. The molecule has 0 radical (unpaired) electrons. The summed E-state index contributed by atoms with van der Waals surface area (Å²) in [5, 5.41) is 3.88. The minimum absolute atomic E-state index is 0.0937. The van der Waals surface area contributed by atoms with Gasteiger partial charge in [0.05, 0.1) is 19.3 Å². The highest BCUT2D eigenvalue weighted by atomic mass is 35.5. The van der Waals surface area contributed by atoms with Gasteiger partial charge in [-0.1, -0.05) is 23.7 Å². The highest BCUT2D eigenvalue weighted by Crippen LogP contribution is 2.19. The zero-order chi connectivity index (χ0) is 17.5. The molecule has 0 unspecified atom stereocenters. The number of nitrogens with one attached hydrogen (secondary N) is 1. The van der Waals surface area contributed by atoms with Gasteiger partial charge in [0.2, 0.25) is 5.91 Å². The van der Waals surface area contributed by atoms with Crippen molar-refractivity contribution in [1.82, 2.24) is 10.3 Å². The maximum atomic E-state index is 12.2. The van der Waals surface area contributed by atoms with Crippen LogP contribution < -0.4 is 5.32 Å². The standard InChI is InChI=1S/C20H23ClN2O2/c21-18-6-4-15(5-7-18)2-1-3-20(24)23-19-14-25-13-17(19)12-16-8-10-22-11-9-16/h4-11,17,19H,1-3,12-14H2,(H,23,24)/t17-,19-/m1/s1. The minimum atomic E-state index is 0.0937. The van der Waals surface area contributed by atoms with E-state index in [0.29, 0.717) is 25.6 Å². The summed E-state index contributed by atoms with van der Waals surface area (Å²) in [6, 6.07) is 11.9. The van der Waals surface area contributed by atoms with Gasteiger partial charge in [-0.05, 0) is 54.7 Å². The Labute approximate surface area is 153 Å². The first-order valence-electron chi connectivity index (χ1n) is 8.71. The van der Waals surface area contributed by atoms with Crippen LogP contribution in [-0.2, 0) is 22.4 Å². The zero-order valence-corrected chi connectivity index (χ0v) is 14.9. The van der Waals surface area contributed by atoms with Crippen LogP contribution in [0.4, 0.5) is 0 Å². The smallest absolute Gasteiger partial charge is 0.220 e. The molecule has 1 saturated heterocycles. The van der Waals surface area contributed by atoms with Crippen LogP contribution in [0.1, 0.15) is 24.0 Å². The van der Waals surface area contributed by atoms with Crippen molar-refractivity contribution in [3.63, 3.8) is 0 Å². The summed E-state index contributed by atoms with van der Waals surface area (Å²) in [6.07, 6.45) is 6.74. The van der Waals surface area contributed by atoms with E-state index in [1.54, 1.807) is 12.4 Å². The van der Waals surface area contributed by atoms with Gasteiger partial charge in [0.25, 0.3) is 0 Å². The average Bonchev–Trinajstić information content (AvgIpc) is 3.04. The predicted molar refractivity (Wildman–Crippen MR) is 98.6 cm³/mol. The lowest BCUT2D eigenvalue weighted by atomic mass is 9.95. The molecule has 2 heterocycles. The molecule has 0 bridgehead atoms. The maximum absolute atomic E-state index is 12.2. The van der Waals surface area contributed by atoms with Gasteiger partial charge in [0, 0.05) is 29.8 Å². The minimum Gasteiger partial charge on any atom is -0.379 e. The Balaban J connectivity index is 1.42. The summed E-state index contributed by atoms with van der Waals surface area (Å²) in [5.74, 6) is 0.423. The number of aryl methyl sites for hydroxylation is 1. The fourth-order valence-electron chi connectivity index (χ4n) is 3.16. The van der Waals surface area contributed by atoms with Crippen LogP contribution in [0.15, 0.2) is 48.8 Å². The first-order chi connectivity index (χ1) is 12.2. The topological polar surface area (TPSA) is 51.2 Å². The second kappa shape index (κ2) is 8.97. The van der Waals surface area contributed by atoms with Crippen LogP contribution in [0.3, 0.4) is 0 Å². The Morgan fingerprint density at radius 3 is 2.64 bits per heavy atom. The van der Waals surface area contributed by atoms with Gasteiger partial charge in [-0.25, -0.2) is 0 Å². The van der Waals surface area contributed by atoms with E-state index in [0.717, 1.165) is 24.3 Å². The number of ether oxygens (including phenoxy) is 1. The van der Waals surface area contributed by atoms with Crippen molar-refractivity contribution in [1.29, 1.82) is 0 Å². The molecule has 1 aromatic carbocycles. The van der Waals surface area contributed by atoms with Crippen LogP contribution in [0, 0.1) is 5.92 Å². The van der Waals surface area contributed by atoms with Crippen LogP contribution in [0.2, 0.25) is 5.02 Å². The molecule has 1 aliphatic heterocycles. The van der Waals surface area contributed by atoms with Gasteiger partial charge in [0.1, 0.15) is 0 Å². The third kappa shape index (κ3) is 5.55. The normalized spacial score (nSPS) is 19.7. The molecule has 2 atom stereocenters. The molecule has 1 fully saturated rings. The molecule has 1 aromatic heterocycles. The molecular weight excluding hydrogens is 336 g/mol. The van der Waals surface area contributed by atoms with E-state index in [9.17, 15) is 4.79 Å². The number of halogens is 1. The lowest BCUT2D eigenvalue weighted by molar-refractivity contribution is -0.122. The van der Waals surface area contributed by atoms with Crippen LogP contribution in [0.25, 0.3) is 0 Å². The van der Waals surface area contributed by atoms with E-state index < -0.39 is 0 Å². The van der Waals surface area contributed by atoms with Crippen molar-refractivity contribution in [2.45, 2.75) is 31.7 Å². The van der Waals surface area contributed by atoms with E-state index in [1.165, 1.54) is 11.1 Å². The lowest BCUT2D eigenvalue weighted by Crippen LogP contribution is -2.40. The van der Waals surface area contributed by atoms with Gasteiger partial charge in [-0.3, -0.25) is 9.78 Å². The van der Waals surface area contributed by atoms with Crippen LogP contribution in [-0.4, -0.2) is 30.1 Å². The van der Waals surface area contributed by atoms with Crippen molar-refractivity contribution < 1.29 is 9.53 Å². The van der Waals surface area contributed by atoms with E-state index in [-0.39, 0.29) is 11.9 Å². The number of hydrogen-bond donors (Lipinski definition) is 1. The molecular formula is C20H23ClN2O2. The van der Waals surface area contributed by atoms with E-state index in [4.69, 9.17) is 16.3 Å². The number of rotatable bonds is 7. The monoisotopic (exact) mass is 358 g/mol. The number of aromatic nitrogens is 1. The molecule has 25 heavy (non-hydrogen) atoms. The van der Waals surface area contributed by atoms with Crippen LogP contribution in [0.5, 0.6) is 0 Å². The zero-order valence-electron chi connectivity index (χ0n) is 14.2. The number of nitrogens with zero attached hydrogens (tertiary/aromatic N) is 1. The predicted octanol–water partition coefficient (Wildman–Crippen LogP) is 3.43. The lowest BCUT2D eigenvalue weighted by Gasteiger charge is -2.19. The fraction of sp³-hybridized carbons (Fsp3) is 0.400. The largest absolute Gasteiger partial charge is 0.379 e. The molecule has 2 aromatic rings. The first kappa shape index (κ1) is 17.9. The van der Waals surface area contributed by atoms with Crippen molar-refractivity contribution >= 4 is 17.5 Å². The third-order valence-electron chi connectivity index (χ3n) is 4.57. The first-order valence-corrected chi connectivity index (χ1v) is 9.09. The Bertz CT molecular complexity index is 676. The molecule has 0 aliphatic carbocycles. The summed E-state index contributed by atoms with van der Waals surface area (Å²) in [6.45, 7) is 1.29. The molecule has 3 rings (SSSR count). The van der Waals surface area contributed by atoms with Crippen LogP contribution >= 0.6 is 11.6 Å². The second-order valence-corrected chi connectivity index (χ2v) is 6.95. The number of pyridine rings is 1. The Morgan fingerprint density at radius 1 is 1.12 bits per heavy atom. The molecule has 1 amide bonds. The summed E-state index contributed by atoms with van der Waals surface area (Å²) < 4.78 is 5.58. The molecule has 4 nitrogen and oxygen atoms in total. The average molecular weight is 359 g/mol. The molecule has 0 saturated carbocycles. The Kier molecular flexibility index (Phi) is 6.42. The summed E-state index contributed by atoms with van der Waals surface area (Å²) in [5.41, 5.74) is 2.43. The third-order valence-corrected chi connectivity index (χ3v) is 4.83. The Morgan fingerprint density at radius 2 is 1.88 bits per heavy atom. The number of carbonyl (C=O) groups is 1. The van der Waals surface area contributed by atoms with Gasteiger partial charge < -0.3 is 10.1 Å². The second-order valence-electron chi connectivity index (χ2n) is 6.51. The van der Waals surface area contributed by atoms with Crippen molar-refractivity contribution in [2.75, 3.05) is 13.2 Å². The van der Waals surface area contributed by atoms with E-state index >= 15 is 0 Å². The summed E-state index contributed by atoms with van der Waals surface area (Å²) >= 11 is 5.88. The van der Waals surface area contributed by atoms with Crippen molar-refractivity contribution in [2.24, 2.45) is 5.92 Å². The number of carbonyl (C=O) groups excluding carboxylic acids is 1.